The molecule has 1 aromatic rings. The van der Waals surface area contributed by atoms with Gasteiger partial charge in [0.15, 0.2) is 0 Å². The van der Waals surface area contributed by atoms with E-state index in [4.69, 9.17) is 4.98 Å². The van der Waals surface area contributed by atoms with E-state index >= 15 is 0 Å². The molecule has 0 bridgehead atoms. The number of nitrogens with zero attached hydrogens (tertiary/aromatic N) is 1. The van der Waals surface area contributed by atoms with Crippen molar-refractivity contribution in [3.8, 4) is 0 Å². The van der Waals surface area contributed by atoms with E-state index in [1.807, 2.05) is 11.3 Å². The summed E-state index contributed by atoms with van der Waals surface area (Å²) in [4.78, 5) is 6.22. The first-order chi connectivity index (χ1) is 6.70. The second-order valence-electron chi connectivity index (χ2n) is 4.31. The number of aryl methyl sites for hydroxylation is 1. The maximum absolute atomic E-state index is 4.71. The monoisotopic (exact) mass is 246 g/mol. The van der Waals surface area contributed by atoms with Gasteiger partial charge in [-0.05, 0) is 26.3 Å². The number of rotatable bonds is 2. The Bertz CT molecular complexity index is 322. The van der Waals surface area contributed by atoms with E-state index < -0.39 is 0 Å². The maximum Gasteiger partial charge on any atom is 0.0956 e. The van der Waals surface area contributed by atoms with Gasteiger partial charge < -0.3 is 5.32 Å². The molecule has 0 amide bonds. The molecule has 1 atom stereocenters. The number of fused-ring (bicyclic) bond motifs is 1. The SMILES string of the molecule is CNC1CCc2nc(C(C)C)sc2C1.Cl. The highest BCUT2D eigenvalue weighted by molar-refractivity contribution is 7.11. The summed E-state index contributed by atoms with van der Waals surface area (Å²) in [5.41, 5.74) is 1.37. The summed E-state index contributed by atoms with van der Waals surface area (Å²) < 4.78 is 0. The first-order valence-corrected chi connectivity index (χ1v) is 6.18. The van der Waals surface area contributed by atoms with Crippen LogP contribution in [-0.2, 0) is 12.8 Å². The van der Waals surface area contributed by atoms with Gasteiger partial charge in [-0.25, -0.2) is 4.98 Å². The van der Waals surface area contributed by atoms with E-state index in [2.05, 4.69) is 26.2 Å². The second-order valence-corrected chi connectivity index (χ2v) is 5.42. The van der Waals surface area contributed by atoms with Crippen LogP contribution in [-0.4, -0.2) is 18.1 Å². The van der Waals surface area contributed by atoms with Gasteiger partial charge in [0, 0.05) is 16.8 Å². The van der Waals surface area contributed by atoms with Gasteiger partial charge in [0.2, 0.25) is 0 Å². The van der Waals surface area contributed by atoms with Gasteiger partial charge in [-0.1, -0.05) is 13.8 Å². The molecule has 0 radical (unpaired) electrons. The molecule has 15 heavy (non-hydrogen) atoms. The standard InChI is InChI=1S/C11H18N2S.ClH/c1-7(2)11-13-9-5-4-8(12-3)6-10(9)14-11;/h7-8,12H,4-6H2,1-3H3;1H. The molecule has 0 saturated carbocycles. The van der Waals surface area contributed by atoms with Crippen molar-refractivity contribution in [2.24, 2.45) is 0 Å². The molecule has 2 nitrogen and oxygen atoms in total. The Kier molecular flexibility index (Phi) is 4.56. The van der Waals surface area contributed by atoms with Crippen LogP contribution in [0, 0.1) is 0 Å². The zero-order valence-electron chi connectivity index (χ0n) is 9.54. The van der Waals surface area contributed by atoms with Gasteiger partial charge >= 0.3 is 0 Å². The molecule has 4 heteroatoms. The number of hydrogen-bond acceptors (Lipinski definition) is 3. The number of halogens is 1. The smallest absolute Gasteiger partial charge is 0.0956 e. The normalized spacial score (nSPS) is 19.9. The summed E-state index contributed by atoms with van der Waals surface area (Å²) in [6.07, 6.45) is 3.57. The Labute approximate surface area is 102 Å². The second kappa shape index (κ2) is 5.28. The average Bonchev–Trinajstić information content (AvgIpc) is 2.59. The molecule has 1 N–H and O–H groups in total. The largest absolute Gasteiger partial charge is 0.317 e. The molecule has 0 fully saturated rings. The number of likely N-dealkylation sites (N-methyl/N-ethyl adjacent to an activating group) is 1. The highest BCUT2D eigenvalue weighted by Gasteiger charge is 2.21. The Morgan fingerprint density at radius 1 is 1.47 bits per heavy atom. The Morgan fingerprint density at radius 3 is 2.80 bits per heavy atom. The van der Waals surface area contributed by atoms with Crippen LogP contribution in [0.5, 0.6) is 0 Å². The first-order valence-electron chi connectivity index (χ1n) is 5.36. The van der Waals surface area contributed by atoms with Crippen LogP contribution >= 0.6 is 23.7 Å². The van der Waals surface area contributed by atoms with Crippen molar-refractivity contribution in [3.63, 3.8) is 0 Å². The molecular weight excluding hydrogens is 228 g/mol. The third-order valence-corrected chi connectivity index (χ3v) is 4.28. The minimum atomic E-state index is 0. The first kappa shape index (κ1) is 12.9. The quantitative estimate of drug-likeness (QED) is 0.868. The number of thiazole rings is 1. The van der Waals surface area contributed by atoms with Crippen LogP contribution in [0.1, 0.15) is 41.8 Å². The predicted molar refractivity (Wildman–Crippen MR) is 68.3 cm³/mol. The van der Waals surface area contributed by atoms with E-state index in [9.17, 15) is 0 Å². The van der Waals surface area contributed by atoms with Gasteiger partial charge in [0.25, 0.3) is 0 Å². The highest BCUT2D eigenvalue weighted by Crippen LogP contribution is 2.30. The molecule has 86 valence electrons. The molecule has 1 aliphatic rings. The van der Waals surface area contributed by atoms with Gasteiger partial charge in [0.1, 0.15) is 0 Å². The molecule has 1 aromatic heterocycles. The number of hydrogen-bond donors (Lipinski definition) is 1. The van der Waals surface area contributed by atoms with Crippen LogP contribution in [0.2, 0.25) is 0 Å². The van der Waals surface area contributed by atoms with Crippen LogP contribution in [0.3, 0.4) is 0 Å². The summed E-state index contributed by atoms with van der Waals surface area (Å²) >= 11 is 1.91. The molecular formula is C11H19ClN2S. The average molecular weight is 247 g/mol. The van der Waals surface area contributed by atoms with Crippen LogP contribution in [0.4, 0.5) is 0 Å². The zero-order chi connectivity index (χ0) is 10.1. The highest BCUT2D eigenvalue weighted by atomic mass is 35.5. The van der Waals surface area contributed by atoms with E-state index in [0.717, 1.165) is 6.42 Å². The van der Waals surface area contributed by atoms with Crippen molar-refractivity contribution in [2.45, 2.75) is 45.1 Å². The van der Waals surface area contributed by atoms with Gasteiger partial charge in [0.05, 0.1) is 10.7 Å². The predicted octanol–water partition coefficient (Wildman–Crippen LogP) is 2.77. The van der Waals surface area contributed by atoms with Crippen molar-refractivity contribution < 1.29 is 0 Å². The fourth-order valence-electron chi connectivity index (χ4n) is 1.89. The fourth-order valence-corrected chi connectivity index (χ4v) is 3.08. The van der Waals surface area contributed by atoms with Gasteiger partial charge in [-0.2, -0.15) is 0 Å². The van der Waals surface area contributed by atoms with Crippen molar-refractivity contribution in [3.05, 3.63) is 15.6 Å². The van der Waals surface area contributed by atoms with Gasteiger partial charge in [-0.3, -0.25) is 0 Å². The minimum Gasteiger partial charge on any atom is -0.317 e. The lowest BCUT2D eigenvalue weighted by Gasteiger charge is -2.19. The molecule has 0 aliphatic heterocycles. The molecule has 0 spiro atoms. The third-order valence-electron chi connectivity index (χ3n) is 2.86. The summed E-state index contributed by atoms with van der Waals surface area (Å²) in [6, 6.07) is 0.669. The van der Waals surface area contributed by atoms with Crippen molar-refractivity contribution in [1.29, 1.82) is 0 Å². The Morgan fingerprint density at radius 2 is 2.20 bits per heavy atom. The molecule has 1 heterocycles. The molecule has 0 saturated heterocycles. The lowest BCUT2D eigenvalue weighted by atomic mass is 9.98. The molecule has 1 unspecified atom stereocenters. The zero-order valence-corrected chi connectivity index (χ0v) is 11.2. The Balaban J connectivity index is 0.00000112. The van der Waals surface area contributed by atoms with E-state index in [1.54, 1.807) is 0 Å². The van der Waals surface area contributed by atoms with Crippen LogP contribution in [0.15, 0.2) is 0 Å². The van der Waals surface area contributed by atoms with E-state index in [-0.39, 0.29) is 12.4 Å². The summed E-state index contributed by atoms with van der Waals surface area (Å²) in [5, 5.41) is 4.67. The topological polar surface area (TPSA) is 24.9 Å². The maximum atomic E-state index is 4.71. The number of aromatic nitrogens is 1. The molecule has 0 aromatic carbocycles. The van der Waals surface area contributed by atoms with Crippen molar-refractivity contribution in [1.82, 2.24) is 10.3 Å². The summed E-state index contributed by atoms with van der Waals surface area (Å²) in [5.74, 6) is 0.582. The van der Waals surface area contributed by atoms with Crippen LogP contribution in [0.25, 0.3) is 0 Å². The molecule has 1 aliphatic carbocycles. The van der Waals surface area contributed by atoms with E-state index in [0.29, 0.717) is 12.0 Å². The summed E-state index contributed by atoms with van der Waals surface area (Å²) in [6.45, 7) is 4.44. The van der Waals surface area contributed by atoms with Crippen molar-refractivity contribution in [2.75, 3.05) is 7.05 Å². The minimum absolute atomic E-state index is 0. The molecule has 2 rings (SSSR count). The van der Waals surface area contributed by atoms with Crippen LogP contribution < -0.4 is 5.32 Å². The fraction of sp³-hybridized carbons (Fsp3) is 0.727. The Hall–Kier alpha value is -0.120. The van der Waals surface area contributed by atoms with Crippen molar-refractivity contribution >= 4 is 23.7 Å². The summed E-state index contributed by atoms with van der Waals surface area (Å²) in [7, 11) is 2.06. The van der Waals surface area contributed by atoms with E-state index in [1.165, 1.54) is 28.4 Å². The third kappa shape index (κ3) is 2.71. The lowest BCUT2D eigenvalue weighted by molar-refractivity contribution is 0.496. The number of nitrogens with one attached hydrogen (secondary N) is 1. The lowest BCUT2D eigenvalue weighted by Crippen LogP contribution is -2.30. The van der Waals surface area contributed by atoms with Gasteiger partial charge in [-0.15, -0.1) is 23.7 Å².